The fraction of sp³-hybridized carbons (Fsp3) is 0.231. The van der Waals surface area contributed by atoms with Gasteiger partial charge in [0.15, 0.2) is 34.5 Å². The van der Waals surface area contributed by atoms with E-state index in [1.807, 2.05) is 54.6 Å². The van der Waals surface area contributed by atoms with E-state index in [-0.39, 0.29) is 6.54 Å². The Bertz CT molecular complexity index is 1430. The van der Waals surface area contributed by atoms with E-state index in [4.69, 9.17) is 18.9 Å². The lowest BCUT2D eigenvalue weighted by atomic mass is 9.94. The monoisotopic (exact) mass is 486 g/mol. The molecule has 3 aromatic carbocycles. The van der Waals surface area contributed by atoms with Gasteiger partial charge in [0.05, 0.1) is 39.6 Å². The third-order valence-corrected chi connectivity index (χ3v) is 6.01. The van der Waals surface area contributed by atoms with Gasteiger partial charge in [0, 0.05) is 28.8 Å². The fourth-order valence-electron chi connectivity index (χ4n) is 4.26. The third kappa shape index (κ3) is 4.17. The highest BCUT2D eigenvalue weighted by Gasteiger charge is 2.39. The number of anilines is 2. The number of hydrogen-bond acceptors (Lipinski definition) is 10. The molecule has 0 saturated heterocycles. The quantitative estimate of drug-likeness (QED) is 0.329. The first-order valence-electron chi connectivity index (χ1n) is 11.2. The maximum Gasteiger partial charge on any atom is 0.162 e. The molecule has 10 heteroatoms. The Morgan fingerprint density at radius 1 is 0.722 bits per heavy atom. The first kappa shape index (κ1) is 23.2. The minimum atomic E-state index is -0.906. The SMILES string of the molecule is COc1cc2c(cc1OC)C(Nc1ccccc1)(Nc1cc3cc(OC)c(OC)cc3nn1)CN=N2. The van der Waals surface area contributed by atoms with Gasteiger partial charge in [-0.25, -0.2) is 0 Å². The Labute approximate surface area is 208 Å². The molecule has 0 saturated carbocycles. The molecule has 0 aliphatic carbocycles. The standard InChI is InChI=1S/C26H26N6O4/c1-33-21-10-16-11-25(32-31-19(16)13-23(21)35-3)29-26(28-17-8-6-5-7-9-17)15-27-30-20-14-24(36-4)22(34-2)12-18(20)26/h5-14,28H,15H2,1-4H3,(H,29,32). The van der Waals surface area contributed by atoms with Gasteiger partial charge >= 0.3 is 0 Å². The zero-order chi connectivity index (χ0) is 25.1. The molecule has 0 spiro atoms. The molecule has 5 rings (SSSR count). The van der Waals surface area contributed by atoms with Crippen LogP contribution in [0.3, 0.4) is 0 Å². The van der Waals surface area contributed by atoms with E-state index in [1.165, 1.54) is 0 Å². The average molecular weight is 487 g/mol. The third-order valence-electron chi connectivity index (χ3n) is 6.01. The second kappa shape index (κ2) is 9.57. The van der Waals surface area contributed by atoms with Crippen molar-refractivity contribution in [2.75, 3.05) is 45.6 Å². The molecule has 0 fully saturated rings. The van der Waals surface area contributed by atoms with Crippen LogP contribution >= 0.6 is 0 Å². The van der Waals surface area contributed by atoms with Crippen molar-refractivity contribution in [3.05, 3.63) is 66.2 Å². The van der Waals surface area contributed by atoms with Crippen molar-refractivity contribution in [1.29, 1.82) is 0 Å². The van der Waals surface area contributed by atoms with E-state index in [9.17, 15) is 0 Å². The van der Waals surface area contributed by atoms with E-state index < -0.39 is 5.66 Å². The molecule has 1 atom stereocenters. The zero-order valence-electron chi connectivity index (χ0n) is 20.4. The predicted molar refractivity (Wildman–Crippen MR) is 137 cm³/mol. The molecule has 0 bridgehead atoms. The van der Waals surface area contributed by atoms with Crippen LogP contribution in [-0.4, -0.2) is 45.2 Å². The molecule has 1 aromatic heterocycles. The van der Waals surface area contributed by atoms with Gasteiger partial charge in [-0.05, 0) is 30.3 Å². The van der Waals surface area contributed by atoms with Crippen LogP contribution in [-0.2, 0) is 5.66 Å². The van der Waals surface area contributed by atoms with Gasteiger partial charge in [-0.1, -0.05) is 18.2 Å². The maximum atomic E-state index is 5.59. The number of aromatic nitrogens is 2. The van der Waals surface area contributed by atoms with Crippen molar-refractivity contribution in [3.63, 3.8) is 0 Å². The Kier molecular flexibility index (Phi) is 6.16. The zero-order valence-corrected chi connectivity index (χ0v) is 20.4. The summed E-state index contributed by atoms with van der Waals surface area (Å²) in [5.74, 6) is 2.88. The van der Waals surface area contributed by atoms with Crippen LogP contribution in [0, 0.1) is 0 Å². The largest absolute Gasteiger partial charge is 0.493 e. The second-order valence-corrected chi connectivity index (χ2v) is 8.14. The number of para-hydroxylation sites is 1. The average Bonchev–Trinajstić information content (AvgIpc) is 2.92. The summed E-state index contributed by atoms with van der Waals surface area (Å²) in [6.45, 7) is 0.288. The summed E-state index contributed by atoms with van der Waals surface area (Å²) in [6.07, 6.45) is 0. The van der Waals surface area contributed by atoms with Crippen molar-refractivity contribution in [2.45, 2.75) is 5.66 Å². The number of fused-ring (bicyclic) bond motifs is 2. The summed E-state index contributed by atoms with van der Waals surface area (Å²) in [5, 5.41) is 25.7. The lowest BCUT2D eigenvalue weighted by Crippen LogP contribution is -2.47. The highest BCUT2D eigenvalue weighted by atomic mass is 16.5. The van der Waals surface area contributed by atoms with Gasteiger partial charge < -0.3 is 29.6 Å². The topological polar surface area (TPSA) is 111 Å². The predicted octanol–water partition coefficient (Wildman–Crippen LogP) is 5.14. The van der Waals surface area contributed by atoms with Gasteiger partial charge in [-0.15, -0.1) is 10.2 Å². The van der Waals surface area contributed by atoms with Crippen molar-refractivity contribution in [3.8, 4) is 23.0 Å². The highest BCUT2D eigenvalue weighted by molar-refractivity contribution is 5.84. The Balaban J connectivity index is 1.63. The molecule has 0 radical (unpaired) electrons. The summed E-state index contributed by atoms with van der Waals surface area (Å²) >= 11 is 0. The fourth-order valence-corrected chi connectivity index (χ4v) is 4.26. The number of ether oxygens (including phenoxy) is 4. The molecule has 1 unspecified atom stereocenters. The summed E-state index contributed by atoms with van der Waals surface area (Å²) in [7, 11) is 6.38. The molecular formula is C26H26N6O4. The molecule has 2 heterocycles. The van der Waals surface area contributed by atoms with E-state index in [0.717, 1.165) is 16.6 Å². The highest BCUT2D eigenvalue weighted by Crippen LogP contribution is 2.44. The lowest BCUT2D eigenvalue weighted by molar-refractivity contribution is 0.353. The van der Waals surface area contributed by atoms with Gasteiger partial charge in [0.1, 0.15) is 6.54 Å². The van der Waals surface area contributed by atoms with Crippen LogP contribution in [0.15, 0.2) is 70.9 Å². The van der Waals surface area contributed by atoms with Crippen molar-refractivity contribution < 1.29 is 18.9 Å². The molecule has 4 aromatic rings. The van der Waals surface area contributed by atoms with Crippen molar-refractivity contribution in [2.24, 2.45) is 10.2 Å². The molecule has 2 N–H and O–H groups in total. The van der Waals surface area contributed by atoms with Gasteiger partial charge in [-0.2, -0.15) is 10.2 Å². The van der Waals surface area contributed by atoms with Crippen LogP contribution in [0.5, 0.6) is 23.0 Å². The van der Waals surface area contributed by atoms with E-state index >= 15 is 0 Å². The molecular weight excluding hydrogens is 460 g/mol. The van der Waals surface area contributed by atoms with Crippen molar-refractivity contribution >= 4 is 28.1 Å². The van der Waals surface area contributed by atoms with E-state index in [2.05, 4.69) is 31.1 Å². The van der Waals surface area contributed by atoms with Crippen LogP contribution in [0.2, 0.25) is 0 Å². The van der Waals surface area contributed by atoms with Crippen molar-refractivity contribution in [1.82, 2.24) is 10.2 Å². The van der Waals surface area contributed by atoms with Crippen LogP contribution in [0.25, 0.3) is 10.9 Å². The van der Waals surface area contributed by atoms with Crippen LogP contribution in [0.1, 0.15) is 5.56 Å². The molecule has 36 heavy (non-hydrogen) atoms. The van der Waals surface area contributed by atoms with E-state index in [1.54, 1.807) is 34.5 Å². The number of nitrogens with zero attached hydrogens (tertiary/aromatic N) is 4. The Hall–Kier alpha value is -4.60. The van der Waals surface area contributed by atoms with Gasteiger partial charge in [-0.3, -0.25) is 0 Å². The second-order valence-electron chi connectivity index (χ2n) is 8.14. The molecule has 10 nitrogen and oxygen atoms in total. The van der Waals surface area contributed by atoms with Crippen LogP contribution in [0.4, 0.5) is 17.2 Å². The van der Waals surface area contributed by atoms with Gasteiger partial charge in [0.2, 0.25) is 0 Å². The molecule has 1 aliphatic rings. The summed E-state index contributed by atoms with van der Waals surface area (Å²) < 4.78 is 21.9. The number of nitrogens with one attached hydrogen (secondary N) is 2. The summed E-state index contributed by atoms with van der Waals surface area (Å²) in [6, 6.07) is 19.1. The Morgan fingerprint density at radius 3 is 2.11 bits per heavy atom. The molecule has 0 amide bonds. The van der Waals surface area contributed by atoms with Gasteiger partial charge in [0.25, 0.3) is 0 Å². The minimum absolute atomic E-state index is 0.288. The van der Waals surface area contributed by atoms with E-state index in [0.29, 0.717) is 40.0 Å². The smallest absolute Gasteiger partial charge is 0.162 e. The number of rotatable bonds is 8. The first-order chi connectivity index (χ1) is 17.6. The first-order valence-corrected chi connectivity index (χ1v) is 11.2. The van der Waals surface area contributed by atoms with Crippen LogP contribution < -0.4 is 29.6 Å². The number of benzene rings is 3. The normalized spacial score (nSPS) is 16.2. The minimum Gasteiger partial charge on any atom is -0.493 e. The Morgan fingerprint density at radius 2 is 1.39 bits per heavy atom. The molecule has 184 valence electrons. The number of hydrogen-bond donors (Lipinski definition) is 2. The lowest BCUT2D eigenvalue weighted by Gasteiger charge is -2.38. The summed E-state index contributed by atoms with van der Waals surface area (Å²) in [5.41, 5.74) is 2.14. The maximum absolute atomic E-state index is 5.59. The number of azo groups is 1. The summed E-state index contributed by atoms with van der Waals surface area (Å²) in [4.78, 5) is 0. The number of methoxy groups -OCH3 is 4. The molecule has 1 aliphatic heterocycles.